The van der Waals surface area contributed by atoms with Gasteiger partial charge in [0.15, 0.2) is 9.84 Å². The van der Waals surface area contributed by atoms with Crippen molar-refractivity contribution in [1.82, 2.24) is 10.2 Å². The predicted molar refractivity (Wildman–Crippen MR) is 39.7 cm³/mol. The van der Waals surface area contributed by atoms with Crippen LogP contribution in [0.1, 0.15) is 17.0 Å². The fourth-order valence-corrected chi connectivity index (χ4v) is 2.91. The van der Waals surface area contributed by atoms with Gasteiger partial charge in [-0.25, -0.2) is 8.42 Å². The third-order valence-corrected chi connectivity index (χ3v) is 3.35. The summed E-state index contributed by atoms with van der Waals surface area (Å²) in [5.41, 5.74) is 2.44. The number of hydrogen-bond acceptors (Lipinski definition) is 3. The minimum absolute atomic E-state index is 0.128. The van der Waals surface area contributed by atoms with E-state index < -0.39 is 9.84 Å². The maximum absolute atomic E-state index is 11.1. The number of fused-ring (bicyclic) bond motifs is 1. The summed E-state index contributed by atoms with van der Waals surface area (Å²) in [6, 6.07) is 0. The van der Waals surface area contributed by atoms with Gasteiger partial charge in [0.1, 0.15) is 0 Å². The summed E-state index contributed by atoms with van der Waals surface area (Å²) in [4.78, 5) is 0. The first-order valence-electron chi connectivity index (χ1n) is 3.32. The molecule has 0 amide bonds. The van der Waals surface area contributed by atoms with E-state index in [9.17, 15) is 8.42 Å². The maximum atomic E-state index is 11.1. The van der Waals surface area contributed by atoms with Gasteiger partial charge in [0.2, 0.25) is 0 Å². The fourth-order valence-electron chi connectivity index (χ4n) is 1.31. The van der Waals surface area contributed by atoms with E-state index in [0.29, 0.717) is 0 Å². The molecule has 2 heterocycles. The minimum atomic E-state index is -2.86. The first-order valence-corrected chi connectivity index (χ1v) is 5.14. The third-order valence-electron chi connectivity index (χ3n) is 1.89. The normalized spacial score (nSPS) is 20.1. The van der Waals surface area contributed by atoms with E-state index in [-0.39, 0.29) is 11.5 Å². The van der Waals surface area contributed by atoms with Crippen LogP contribution in [0.2, 0.25) is 0 Å². The van der Waals surface area contributed by atoms with Crippen LogP contribution in [0, 0.1) is 6.92 Å². The molecule has 2 rings (SSSR count). The Kier molecular flexibility index (Phi) is 1.15. The molecule has 11 heavy (non-hydrogen) atoms. The lowest BCUT2D eigenvalue weighted by Gasteiger charge is -1.88. The summed E-state index contributed by atoms with van der Waals surface area (Å²) in [5.74, 6) is 0.286. The highest BCUT2D eigenvalue weighted by atomic mass is 32.2. The van der Waals surface area contributed by atoms with Crippen LogP contribution in [0.25, 0.3) is 0 Å². The largest absolute Gasteiger partial charge is 0.281 e. The molecule has 0 saturated heterocycles. The molecule has 0 radical (unpaired) electrons. The highest BCUT2D eigenvalue weighted by Gasteiger charge is 2.27. The molecule has 4 nitrogen and oxygen atoms in total. The van der Waals surface area contributed by atoms with E-state index >= 15 is 0 Å². The number of rotatable bonds is 0. The van der Waals surface area contributed by atoms with Crippen molar-refractivity contribution in [1.29, 1.82) is 0 Å². The van der Waals surface area contributed by atoms with Crippen molar-refractivity contribution >= 4 is 9.84 Å². The van der Waals surface area contributed by atoms with Gasteiger partial charge in [-0.3, -0.25) is 5.10 Å². The first-order chi connectivity index (χ1) is 5.08. The number of H-pyrrole nitrogens is 1. The van der Waals surface area contributed by atoms with Crippen LogP contribution in [0.3, 0.4) is 0 Å². The number of aryl methyl sites for hydroxylation is 1. The van der Waals surface area contributed by atoms with Crippen LogP contribution in [0.15, 0.2) is 0 Å². The standard InChI is InChI=1S/C6H8N2O2S/c1-4-5-2-11(9,10)3-6(5)8-7-4/h2-3H2,1H3,(H,7,8). The summed E-state index contributed by atoms with van der Waals surface area (Å²) < 4.78 is 22.1. The van der Waals surface area contributed by atoms with Gasteiger partial charge in [0, 0.05) is 5.56 Å². The Labute approximate surface area is 64.5 Å². The lowest BCUT2D eigenvalue weighted by Crippen LogP contribution is -1.98. The van der Waals surface area contributed by atoms with Gasteiger partial charge < -0.3 is 0 Å². The molecule has 0 aliphatic carbocycles. The molecule has 1 aliphatic rings. The Morgan fingerprint density at radius 2 is 2.18 bits per heavy atom. The number of sulfone groups is 1. The molecule has 0 fully saturated rings. The van der Waals surface area contributed by atoms with Gasteiger partial charge in [-0.15, -0.1) is 0 Å². The monoisotopic (exact) mass is 172 g/mol. The molecule has 0 aromatic carbocycles. The summed E-state index contributed by atoms with van der Waals surface area (Å²) in [7, 11) is -2.86. The van der Waals surface area contributed by atoms with E-state index in [1.54, 1.807) is 0 Å². The smallest absolute Gasteiger partial charge is 0.160 e. The molecule has 0 unspecified atom stereocenters. The van der Waals surface area contributed by atoms with Crippen molar-refractivity contribution in [3.63, 3.8) is 0 Å². The molecular formula is C6H8N2O2S. The van der Waals surface area contributed by atoms with Gasteiger partial charge >= 0.3 is 0 Å². The Hall–Kier alpha value is -0.840. The Morgan fingerprint density at radius 1 is 1.45 bits per heavy atom. The molecule has 1 N–H and O–H groups in total. The lowest BCUT2D eigenvalue weighted by molar-refractivity contribution is 0.597. The number of aromatic nitrogens is 2. The SMILES string of the molecule is Cc1n[nH]c2c1CS(=O)(=O)C2. The van der Waals surface area contributed by atoms with Gasteiger partial charge in [-0.05, 0) is 6.92 Å². The Morgan fingerprint density at radius 3 is 2.82 bits per heavy atom. The quantitative estimate of drug-likeness (QED) is 0.605. The minimum Gasteiger partial charge on any atom is -0.281 e. The van der Waals surface area contributed by atoms with Crippen LogP contribution in [-0.2, 0) is 21.3 Å². The summed E-state index contributed by atoms with van der Waals surface area (Å²) >= 11 is 0. The van der Waals surface area contributed by atoms with E-state index in [2.05, 4.69) is 10.2 Å². The van der Waals surface area contributed by atoms with Crippen molar-refractivity contribution in [2.45, 2.75) is 18.4 Å². The molecule has 0 saturated carbocycles. The number of hydrogen-bond donors (Lipinski definition) is 1. The topological polar surface area (TPSA) is 62.8 Å². The molecule has 1 aromatic heterocycles. The zero-order valence-electron chi connectivity index (χ0n) is 6.09. The first kappa shape index (κ1) is 6.84. The van der Waals surface area contributed by atoms with Crippen LogP contribution in [0.5, 0.6) is 0 Å². The zero-order chi connectivity index (χ0) is 8.06. The molecule has 60 valence electrons. The molecule has 0 spiro atoms. The maximum Gasteiger partial charge on any atom is 0.160 e. The average Bonchev–Trinajstić information content (AvgIpc) is 2.31. The third kappa shape index (κ3) is 0.956. The molecule has 5 heteroatoms. The molecular weight excluding hydrogens is 164 g/mol. The number of nitrogens with zero attached hydrogens (tertiary/aromatic N) is 1. The van der Waals surface area contributed by atoms with Crippen LogP contribution >= 0.6 is 0 Å². The second kappa shape index (κ2) is 1.85. The zero-order valence-corrected chi connectivity index (χ0v) is 6.90. The molecule has 1 aliphatic heterocycles. The van der Waals surface area contributed by atoms with Gasteiger partial charge in [0.05, 0.1) is 22.9 Å². The van der Waals surface area contributed by atoms with Crippen LogP contribution in [0.4, 0.5) is 0 Å². The predicted octanol–water partition coefficient (Wildman–Crippen LogP) is 0.147. The van der Waals surface area contributed by atoms with Crippen LogP contribution < -0.4 is 0 Å². The highest BCUT2D eigenvalue weighted by molar-refractivity contribution is 7.90. The van der Waals surface area contributed by atoms with E-state index in [4.69, 9.17) is 0 Å². The number of aromatic amines is 1. The van der Waals surface area contributed by atoms with Crippen molar-refractivity contribution in [3.8, 4) is 0 Å². The van der Waals surface area contributed by atoms with E-state index in [1.807, 2.05) is 6.92 Å². The van der Waals surface area contributed by atoms with E-state index in [0.717, 1.165) is 17.0 Å². The average molecular weight is 172 g/mol. The second-order valence-corrected chi connectivity index (χ2v) is 4.86. The van der Waals surface area contributed by atoms with Crippen molar-refractivity contribution in [3.05, 3.63) is 17.0 Å². The molecule has 0 atom stereocenters. The fraction of sp³-hybridized carbons (Fsp3) is 0.500. The van der Waals surface area contributed by atoms with Crippen LogP contribution in [-0.4, -0.2) is 18.6 Å². The van der Waals surface area contributed by atoms with E-state index in [1.165, 1.54) is 0 Å². The Balaban J connectivity index is 2.58. The van der Waals surface area contributed by atoms with Crippen molar-refractivity contribution < 1.29 is 8.42 Å². The lowest BCUT2D eigenvalue weighted by atomic mass is 10.2. The molecule has 1 aromatic rings. The van der Waals surface area contributed by atoms with Gasteiger partial charge in [-0.1, -0.05) is 0 Å². The molecule has 0 bridgehead atoms. The summed E-state index contributed by atoms with van der Waals surface area (Å²) in [6.45, 7) is 1.82. The number of nitrogens with one attached hydrogen (secondary N) is 1. The van der Waals surface area contributed by atoms with Gasteiger partial charge in [-0.2, -0.15) is 5.10 Å². The highest BCUT2D eigenvalue weighted by Crippen LogP contribution is 2.24. The van der Waals surface area contributed by atoms with Crippen molar-refractivity contribution in [2.24, 2.45) is 0 Å². The second-order valence-electron chi connectivity index (χ2n) is 2.80. The summed E-state index contributed by atoms with van der Waals surface area (Å²) in [5, 5.41) is 6.63. The Bertz CT molecular complexity index is 391. The summed E-state index contributed by atoms with van der Waals surface area (Å²) in [6.07, 6.45) is 0. The van der Waals surface area contributed by atoms with Crippen molar-refractivity contribution in [2.75, 3.05) is 0 Å². The van der Waals surface area contributed by atoms with Gasteiger partial charge in [0.25, 0.3) is 0 Å².